The summed E-state index contributed by atoms with van der Waals surface area (Å²) in [7, 11) is 0. The Morgan fingerprint density at radius 1 is 1.00 bits per heavy atom. The summed E-state index contributed by atoms with van der Waals surface area (Å²) in [5.41, 5.74) is 0.347. The van der Waals surface area contributed by atoms with E-state index in [2.05, 4.69) is 5.32 Å². The molecule has 0 heterocycles. The molecule has 6 heteroatoms. The first-order valence-electron chi connectivity index (χ1n) is 8.25. The molecule has 0 aliphatic carbocycles. The molecule has 0 bridgehead atoms. The van der Waals surface area contributed by atoms with Crippen molar-refractivity contribution in [3.63, 3.8) is 0 Å². The van der Waals surface area contributed by atoms with Gasteiger partial charge in [0.25, 0.3) is 5.69 Å². The molecule has 0 saturated heterocycles. The van der Waals surface area contributed by atoms with Gasteiger partial charge in [0.2, 0.25) is 5.91 Å². The van der Waals surface area contributed by atoms with E-state index in [9.17, 15) is 14.9 Å². The monoisotopic (exact) mass is 350 g/mol. The van der Waals surface area contributed by atoms with Gasteiger partial charge in [0.1, 0.15) is 12.4 Å². The molecule has 0 aliphatic heterocycles. The maximum Gasteiger partial charge on any atom is 0.273 e. The number of hydrogen-bond donors (Lipinski definition) is 1. The minimum Gasteiger partial charge on any atom is -0.491 e. The van der Waals surface area contributed by atoms with Gasteiger partial charge < -0.3 is 10.1 Å². The fourth-order valence-corrected chi connectivity index (χ4v) is 2.75. The summed E-state index contributed by atoms with van der Waals surface area (Å²) < 4.78 is 5.76. The molecule has 1 amide bonds. The lowest BCUT2D eigenvalue weighted by Crippen LogP contribution is -2.29. The molecule has 0 fully saturated rings. The molecule has 0 spiro atoms. The number of benzene rings is 3. The van der Waals surface area contributed by atoms with Crippen LogP contribution in [0.2, 0.25) is 0 Å². The second kappa shape index (κ2) is 8.11. The number of nitrogens with one attached hydrogen (secondary N) is 1. The van der Waals surface area contributed by atoms with E-state index in [0.29, 0.717) is 18.7 Å². The molecule has 132 valence electrons. The van der Waals surface area contributed by atoms with Crippen LogP contribution in [0.1, 0.15) is 5.56 Å². The first-order chi connectivity index (χ1) is 12.6. The van der Waals surface area contributed by atoms with E-state index in [1.54, 1.807) is 18.2 Å². The molecular formula is C20H18N2O4. The van der Waals surface area contributed by atoms with Crippen molar-refractivity contribution in [1.82, 2.24) is 5.32 Å². The summed E-state index contributed by atoms with van der Waals surface area (Å²) in [4.78, 5) is 22.5. The van der Waals surface area contributed by atoms with Crippen molar-refractivity contribution in [2.75, 3.05) is 13.2 Å². The number of rotatable bonds is 7. The Bertz CT molecular complexity index is 935. The van der Waals surface area contributed by atoms with E-state index < -0.39 is 4.92 Å². The van der Waals surface area contributed by atoms with Crippen molar-refractivity contribution >= 4 is 22.4 Å². The molecule has 3 rings (SSSR count). The zero-order chi connectivity index (χ0) is 18.4. The van der Waals surface area contributed by atoms with Crippen LogP contribution in [0, 0.1) is 10.1 Å². The first-order valence-corrected chi connectivity index (χ1v) is 8.25. The fraction of sp³-hybridized carbons (Fsp3) is 0.150. The van der Waals surface area contributed by atoms with Gasteiger partial charge in [-0.25, -0.2) is 0 Å². The van der Waals surface area contributed by atoms with E-state index in [4.69, 9.17) is 4.74 Å². The summed E-state index contributed by atoms with van der Waals surface area (Å²) in [6, 6.07) is 20.0. The average molecular weight is 350 g/mol. The summed E-state index contributed by atoms with van der Waals surface area (Å²) >= 11 is 0. The maximum atomic E-state index is 12.0. The lowest BCUT2D eigenvalue weighted by molar-refractivity contribution is -0.385. The van der Waals surface area contributed by atoms with Crippen LogP contribution in [0.25, 0.3) is 10.8 Å². The van der Waals surface area contributed by atoms with Crippen molar-refractivity contribution in [3.05, 3.63) is 82.4 Å². The second-order valence-corrected chi connectivity index (χ2v) is 5.74. The number of hydrogen-bond acceptors (Lipinski definition) is 4. The van der Waals surface area contributed by atoms with Gasteiger partial charge in [0, 0.05) is 17.0 Å². The molecule has 1 N–H and O–H groups in total. The van der Waals surface area contributed by atoms with Gasteiger partial charge in [-0.3, -0.25) is 14.9 Å². The SMILES string of the molecule is O=C(Cc1ccccc1[N+](=O)[O-])NCCOc1cccc2ccccc12. The molecule has 0 unspecified atom stereocenters. The van der Waals surface area contributed by atoms with Crippen molar-refractivity contribution in [2.45, 2.75) is 6.42 Å². The van der Waals surface area contributed by atoms with Crippen molar-refractivity contribution in [2.24, 2.45) is 0 Å². The molecule has 26 heavy (non-hydrogen) atoms. The number of fused-ring (bicyclic) bond motifs is 1. The third-order valence-corrected chi connectivity index (χ3v) is 3.97. The quantitative estimate of drug-likeness (QED) is 0.402. The second-order valence-electron chi connectivity index (χ2n) is 5.74. The van der Waals surface area contributed by atoms with Crippen LogP contribution in [0.4, 0.5) is 5.69 Å². The van der Waals surface area contributed by atoms with Crippen molar-refractivity contribution in [1.29, 1.82) is 0 Å². The number of para-hydroxylation sites is 1. The van der Waals surface area contributed by atoms with Crippen LogP contribution in [0.3, 0.4) is 0 Å². The predicted molar refractivity (Wildman–Crippen MR) is 99.3 cm³/mol. The molecule has 0 aromatic heterocycles. The normalized spacial score (nSPS) is 10.5. The average Bonchev–Trinajstić information content (AvgIpc) is 2.65. The van der Waals surface area contributed by atoms with Gasteiger partial charge in [-0.2, -0.15) is 0 Å². The lowest BCUT2D eigenvalue weighted by atomic mass is 10.1. The fourth-order valence-electron chi connectivity index (χ4n) is 2.75. The van der Waals surface area contributed by atoms with Crippen LogP contribution >= 0.6 is 0 Å². The summed E-state index contributed by atoms with van der Waals surface area (Å²) in [5, 5.41) is 15.8. The number of amides is 1. The van der Waals surface area contributed by atoms with Gasteiger partial charge in [-0.15, -0.1) is 0 Å². The van der Waals surface area contributed by atoms with Gasteiger partial charge in [0.05, 0.1) is 17.9 Å². The Hall–Kier alpha value is -3.41. The van der Waals surface area contributed by atoms with E-state index in [0.717, 1.165) is 16.5 Å². The molecule has 3 aromatic rings. The van der Waals surface area contributed by atoms with Crippen molar-refractivity contribution in [3.8, 4) is 5.75 Å². The zero-order valence-electron chi connectivity index (χ0n) is 14.1. The smallest absolute Gasteiger partial charge is 0.273 e. The largest absolute Gasteiger partial charge is 0.491 e. The van der Waals surface area contributed by atoms with Crippen molar-refractivity contribution < 1.29 is 14.5 Å². The zero-order valence-corrected chi connectivity index (χ0v) is 14.1. The van der Waals surface area contributed by atoms with Crippen LogP contribution < -0.4 is 10.1 Å². The van der Waals surface area contributed by atoms with Gasteiger partial charge >= 0.3 is 0 Å². The number of nitro benzene ring substituents is 1. The molecule has 0 atom stereocenters. The molecule has 6 nitrogen and oxygen atoms in total. The molecule has 3 aromatic carbocycles. The Morgan fingerprint density at radius 2 is 1.73 bits per heavy atom. The third kappa shape index (κ3) is 4.16. The minimum absolute atomic E-state index is 0.0363. The number of nitrogens with zero attached hydrogens (tertiary/aromatic N) is 1. The summed E-state index contributed by atoms with van der Waals surface area (Å²) in [5.74, 6) is 0.483. The Morgan fingerprint density at radius 3 is 2.58 bits per heavy atom. The summed E-state index contributed by atoms with van der Waals surface area (Å²) in [6.45, 7) is 0.638. The Kier molecular flexibility index (Phi) is 5.43. The van der Waals surface area contributed by atoms with Crippen LogP contribution in [-0.4, -0.2) is 24.0 Å². The molecule has 0 aliphatic rings. The van der Waals surface area contributed by atoms with Crippen LogP contribution in [0.5, 0.6) is 5.75 Å². The molecule has 0 radical (unpaired) electrons. The standard InChI is InChI=1S/C20H18N2O4/c23-20(14-16-7-2-4-10-18(16)22(24)25)21-12-13-26-19-11-5-8-15-6-1-3-9-17(15)19/h1-11H,12-14H2,(H,21,23). The van der Waals surface area contributed by atoms with E-state index in [-0.39, 0.29) is 18.0 Å². The van der Waals surface area contributed by atoms with Gasteiger partial charge in [-0.1, -0.05) is 54.6 Å². The number of ether oxygens (including phenoxy) is 1. The van der Waals surface area contributed by atoms with E-state index >= 15 is 0 Å². The maximum absolute atomic E-state index is 12.0. The lowest BCUT2D eigenvalue weighted by Gasteiger charge is -2.10. The highest BCUT2D eigenvalue weighted by Crippen LogP contribution is 2.24. The van der Waals surface area contributed by atoms with Gasteiger partial charge in [-0.05, 0) is 11.5 Å². The Labute approximate surface area is 150 Å². The highest BCUT2D eigenvalue weighted by atomic mass is 16.6. The third-order valence-electron chi connectivity index (χ3n) is 3.97. The number of carbonyl (C=O) groups is 1. The predicted octanol–water partition coefficient (Wildman–Crippen LogP) is 3.49. The number of carbonyl (C=O) groups excluding carboxylic acids is 1. The minimum atomic E-state index is -0.480. The molecule has 0 saturated carbocycles. The topological polar surface area (TPSA) is 81.5 Å². The number of nitro groups is 1. The van der Waals surface area contributed by atoms with Gasteiger partial charge in [0.15, 0.2) is 0 Å². The highest BCUT2D eigenvalue weighted by molar-refractivity contribution is 5.88. The van der Waals surface area contributed by atoms with Crippen LogP contribution in [-0.2, 0) is 11.2 Å². The first kappa shape index (κ1) is 17.4. The Balaban J connectivity index is 1.52. The molecular weight excluding hydrogens is 332 g/mol. The highest BCUT2D eigenvalue weighted by Gasteiger charge is 2.15. The summed E-state index contributed by atoms with van der Waals surface area (Å²) in [6.07, 6.45) is -0.0363. The van der Waals surface area contributed by atoms with Crippen LogP contribution in [0.15, 0.2) is 66.7 Å². The van der Waals surface area contributed by atoms with E-state index in [1.807, 2.05) is 42.5 Å². The van der Waals surface area contributed by atoms with E-state index in [1.165, 1.54) is 6.07 Å².